The second-order valence-electron chi connectivity index (χ2n) is 5.09. The van der Waals surface area contributed by atoms with Gasteiger partial charge in [-0.15, -0.1) is 0 Å². The molecule has 1 amide bonds. The van der Waals surface area contributed by atoms with Gasteiger partial charge in [-0.25, -0.2) is 0 Å². The van der Waals surface area contributed by atoms with E-state index in [0.717, 1.165) is 28.3 Å². The predicted molar refractivity (Wildman–Crippen MR) is 82.7 cm³/mol. The summed E-state index contributed by atoms with van der Waals surface area (Å²) in [4.78, 5) is 12.1. The number of carbonyl (C=O) groups is 1. The number of amides is 1. The van der Waals surface area contributed by atoms with E-state index in [9.17, 15) is 4.79 Å². The third-order valence-corrected chi connectivity index (χ3v) is 3.82. The third kappa shape index (κ3) is 3.37. The van der Waals surface area contributed by atoms with E-state index in [1.807, 2.05) is 48.5 Å². The summed E-state index contributed by atoms with van der Waals surface area (Å²) in [5.41, 5.74) is 2.24. The molecular weight excluding hydrogens is 286 g/mol. The Morgan fingerprint density at radius 3 is 2.71 bits per heavy atom. The van der Waals surface area contributed by atoms with Crippen molar-refractivity contribution in [3.8, 4) is 5.75 Å². The van der Waals surface area contributed by atoms with Crippen molar-refractivity contribution in [2.75, 3.05) is 6.54 Å². The maximum Gasteiger partial charge on any atom is 0.261 e. The van der Waals surface area contributed by atoms with Crippen LogP contribution in [0.1, 0.15) is 11.1 Å². The minimum atomic E-state index is -0.410. The number of halogens is 1. The summed E-state index contributed by atoms with van der Waals surface area (Å²) in [5.74, 6) is 0.760. The molecule has 0 fully saturated rings. The van der Waals surface area contributed by atoms with Gasteiger partial charge in [-0.05, 0) is 35.7 Å². The normalized spacial score (nSPS) is 16.1. The quantitative estimate of drug-likeness (QED) is 0.943. The molecular formula is C17H16ClNO2. The van der Waals surface area contributed by atoms with Gasteiger partial charge in [0.05, 0.1) is 0 Å². The first-order valence-corrected chi connectivity index (χ1v) is 7.37. The average molecular weight is 302 g/mol. The lowest BCUT2D eigenvalue weighted by Gasteiger charge is -2.11. The van der Waals surface area contributed by atoms with Crippen LogP contribution in [0.3, 0.4) is 0 Å². The number of nitrogens with one attached hydrogen (secondary N) is 1. The molecule has 0 unspecified atom stereocenters. The van der Waals surface area contributed by atoms with Crippen LogP contribution in [-0.4, -0.2) is 18.6 Å². The van der Waals surface area contributed by atoms with Gasteiger partial charge in [-0.2, -0.15) is 0 Å². The predicted octanol–water partition coefficient (Wildman–Crippen LogP) is 3.00. The van der Waals surface area contributed by atoms with Crippen LogP contribution >= 0.6 is 11.6 Å². The topological polar surface area (TPSA) is 38.3 Å². The largest absolute Gasteiger partial charge is 0.480 e. The van der Waals surface area contributed by atoms with Crippen LogP contribution in [0.15, 0.2) is 48.5 Å². The number of ether oxygens (including phenoxy) is 1. The molecule has 108 valence electrons. The molecule has 1 aliphatic rings. The zero-order valence-electron chi connectivity index (χ0n) is 11.5. The second-order valence-corrected chi connectivity index (χ2v) is 5.52. The van der Waals surface area contributed by atoms with Gasteiger partial charge in [0.15, 0.2) is 6.10 Å². The van der Waals surface area contributed by atoms with Gasteiger partial charge in [0.2, 0.25) is 0 Å². The number of fused-ring (bicyclic) bond motifs is 1. The summed E-state index contributed by atoms with van der Waals surface area (Å²) in [5, 5.41) is 3.65. The number of carbonyl (C=O) groups excluding carboxylic acids is 1. The summed E-state index contributed by atoms with van der Waals surface area (Å²) >= 11 is 5.84. The van der Waals surface area contributed by atoms with E-state index in [4.69, 9.17) is 16.3 Å². The lowest BCUT2D eigenvalue weighted by molar-refractivity contribution is -0.127. The maximum absolute atomic E-state index is 12.1. The van der Waals surface area contributed by atoms with Crippen LogP contribution in [-0.2, 0) is 17.6 Å². The number of benzene rings is 2. The Morgan fingerprint density at radius 1 is 1.19 bits per heavy atom. The fourth-order valence-electron chi connectivity index (χ4n) is 2.42. The van der Waals surface area contributed by atoms with Gasteiger partial charge >= 0.3 is 0 Å². The molecule has 4 heteroatoms. The Labute approximate surface area is 128 Å². The molecule has 1 heterocycles. The molecule has 0 bridgehead atoms. The highest BCUT2D eigenvalue weighted by molar-refractivity contribution is 6.30. The molecule has 1 N–H and O–H groups in total. The monoisotopic (exact) mass is 301 g/mol. The van der Waals surface area contributed by atoms with E-state index in [0.29, 0.717) is 13.0 Å². The van der Waals surface area contributed by atoms with E-state index in [1.54, 1.807) is 0 Å². The molecule has 0 aliphatic carbocycles. The SMILES string of the molecule is O=C(NCCc1ccc(Cl)cc1)[C@H]1Cc2ccccc2O1. The number of hydrogen-bond acceptors (Lipinski definition) is 2. The van der Waals surface area contributed by atoms with Crippen molar-refractivity contribution in [3.63, 3.8) is 0 Å². The van der Waals surface area contributed by atoms with Gasteiger partial charge in [-0.3, -0.25) is 4.79 Å². The summed E-state index contributed by atoms with van der Waals surface area (Å²) in [6, 6.07) is 15.4. The van der Waals surface area contributed by atoms with Crippen LogP contribution in [0, 0.1) is 0 Å². The van der Waals surface area contributed by atoms with E-state index in [2.05, 4.69) is 5.32 Å². The van der Waals surface area contributed by atoms with Crippen LogP contribution in [0.25, 0.3) is 0 Å². The first-order valence-electron chi connectivity index (χ1n) is 6.99. The van der Waals surface area contributed by atoms with Gasteiger partial charge in [0.25, 0.3) is 5.91 Å². The van der Waals surface area contributed by atoms with Crippen molar-refractivity contribution in [2.24, 2.45) is 0 Å². The summed E-state index contributed by atoms with van der Waals surface area (Å²) in [7, 11) is 0. The lowest BCUT2D eigenvalue weighted by atomic mass is 10.1. The van der Waals surface area contributed by atoms with Gasteiger partial charge in [0.1, 0.15) is 5.75 Å². The van der Waals surface area contributed by atoms with Crippen LogP contribution in [0.2, 0.25) is 5.02 Å². The fourth-order valence-corrected chi connectivity index (χ4v) is 2.55. The number of hydrogen-bond donors (Lipinski definition) is 1. The minimum Gasteiger partial charge on any atom is -0.480 e. The molecule has 0 spiro atoms. The minimum absolute atomic E-state index is 0.0554. The van der Waals surface area contributed by atoms with Crippen molar-refractivity contribution in [3.05, 3.63) is 64.7 Å². The Balaban J connectivity index is 1.48. The van der Waals surface area contributed by atoms with Crippen LogP contribution in [0.5, 0.6) is 5.75 Å². The molecule has 0 aromatic heterocycles. The molecule has 3 nitrogen and oxygen atoms in total. The first-order chi connectivity index (χ1) is 10.2. The first kappa shape index (κ1) is 14.0. The van der Waals surface area contributed by atoms with E-state index in [1.165, 1.54) is 0 Å². The van der Waals surface area contributed by atoms with Crippen LogP contribution < -0.4 is 10.1 Å². The standard InChI is InChI=1S/C17H16ClNO2/c18-14-7-5-12(6-8-14)9-10-19-17(20)16-11-13-3-1-2-4-15(13)21-16/h1-8,16H,9-11H2,(H,19,20)/t16-/m1/s1. The summed E-state index contributed by atoms with van der Waals surface area (Å²) < 4.78 is 5.66. The Kier molecular flexibility index (Phi) is 4.11. The molecule has 0 saturated heterocycles. The second kappa shape index (κ2) is 6.19. The number of para-hydroxylation sites is 1. The lowest BCUT2D eigenvalue weighted by Crippen LogP contribution is -2.38. The molecule has 21 heavy (non-hydrogen) atoms. The summed E-state index contributed by atoms with van der Waals surface area (Å²) in [6.07, 6.45) is 1.01. The van der Waals surface area contributed by atoms with Crippen LogP contribution in [0.4, 0.5) is 0 Å². The van der Waals surface area contributed by atoms with Gasteiger partial charge < -0.3 is 10.1 Å². The molecule has 0 saturated carbocycles. The zero-order chi connectivity index (χ0) is 14.7. The van der Waals surface area contributed by atoms with Gasteiger partial charge in [0, 0.05) is 18.0 Å². The highest BCUT2D eigenvalue weighted by Crippen LogP contribution is 2.28. The molecule has 1 atom stereocenters. The molecule has 2 aromatic rings. The van der Waals surface area contributed by atoms with Crippen molar-refractivity contribution in [2.45, 2.75) is 18.9 Å². The van der Waals surface area contributed by atoms with Crippen molar-refractivity contribution >= 4 is 17.5 Å². The van der Waals surface area contributed by atoms with Crippen molar-refractivity contribution < 1.29 is 9.53 Å². The smallest absolute Gasteiger partial charge is 0.261 e. The van der Waals surface area contributed by atoms with Crippen molar-refractivity contribution in [1.29, 1.82) is 0 Å². The maximum atomic E-state index is 12.1. The van der Waals surface area contributed by atoms with Gasteiger partial charge in [-0.1, -0.05) is 41.9 Å². The zero-order valence-corrected chi connectivity index (χ0v) is 12.3. The molecule has 1 aliphatic heterocycles. The highest BCUT2D eigenvalue weighted by atomic mass is 35.5. The fraction of sp³-hybridized carbons (Fsp3) is 0.235. The van der Waals surface area contributed by atoms with E-state index in [-0.39, 0.29) is 5.91 Å². The molecule has 0 radical (unpaired) electrons. The highest BCUT2D eigenvalue weighted by Gasteiger charge is 2.28. The molecule has 3 rings (SSSR count). The third-order valence-electron chi connectivity index (χ3n) is 3.57. The molecule has 2 aromatic carbocycles. The Bertz CT molecular complexity index is 614. The number of rotatable bonds is 4. The Morgan fingerprint density at radius 2 is 1.95 bits per heavy atom. The average Bonchev–Trinajstić information content (AvgIpc) is 2.93. The Hall–Kier alpha value is -2.00. The summed E-state index contributed by atoms with van der Waals surface area (Å²) in [6.45, 7) is 0.594. The van der Waals surface area contributed by atoms with E-state index < -0.39 is 6.10 Å². The van der Waals surface area contributed by atoms with Crippen molar-refractivity contribution in [1.82, 2.24) is 5.32 Å². The van der Waals surface area contributed by atoms with E-state index >= 15 is 0 Å².